The van der Waals surface area contributed by atoms with Crippen molar-refractivity contribution in [3.63, 3.8) is 0 Å². The summed E-state index contributed by atoms with van der Waals surface area (Å²) >= 11 is 0. The first-order chi connectivity index (χ1) is 7.63. The molecule has 0 radical (unpaired) electrons. The van der Waals surface area contributed by atoms with Crippen molar-refractivity contribution in [3.8, 4) is 0 Å². The summed E-state index contributed by atoms with van der Waals surface area (Å²) in [5, 5.41) is 4.96. The molecule has 0 aliphatic carbocycles. The van der Waals surface area contributed by atoms with Crippen molar-refractivity contribution in [3.05, 3.63) is 41.6 Å². The number of nitrogens with one attached hydrogen (secondary N) is 2. The number of likely N-dealkylation sites (N-methyl/N-ethyl adjacent to an activating group) is 1. The lowest BCUT2D eigenvalue weighted by molar-refractivity contribution is -0.122. The quantitative estimate of drug-likeness (QED) is 0.741. The average Bonchev–Trinajstić information content (AvgIpc) is 2.28. The lowest BCUT2D eigenvalue weighted by Gasteiger charge is -2.06. The van der Waals surface area contributed by atoms with Gasteiger partial charge in [-0.1, -0.05) is 30.3 Å². The van der Waals surface area contributed by atoms with Crippen LogP contribution in [0.1, 0.15) is 12.5 Å². The molecule has 0 fully saturated rings. The summed E-state index contributed by atoms with van der Waals surface area (Å²) in [5.74, 6) is -0.593. The van der Waals surface area contributed by atoms with Gasteiger partial charge in [0, 0.05) is 14.0 Å². The Kier molecular flexibility index (Phi) is 4.27. The van der Waals surface area contributed by atoms with Crippen LogP contribution in [0, 0.1) is 0 Å². The second-order valence-electron chi connectivity index (χ2n) is 3.23. The molecule has 1 rings (SSSR count). The van der Waals surface area contributed by atoms with Crippen LogP contribution in [0.4, 0.5) is 0 Å². The minimum absolute atomic E-state index is 0.237. The summed E-state index contributed by atoms with van der Waals surface area (Å²) in [6.07, 6.45) is 1.63. The van der Waals surface area contributed by atoms with Crippen LogP contribution in [0.2, 0.25) is 0 Å². The Balaban J connectivity index is 2.96. The average molecular weight is 218 g/mol. The predicted octanol–water partition coefficient (Wildman–Crippen LogP) is 0.910. The van der Waals surface area contributed by atoms with E-state index in [1.54, 1.807) is 6.08 Å². The second-order valence-corrected chi connectivity index (χ2v) is 3.23. The fourth-order valence-electron chi connectivity index (χ4n) is 1.20. The summed E-state index contributed by atoms with van der Waals surface area (Å²) in [6, 6.07) is 9.31. The van der Waals surface area contributed by atoms with Gasteiger partial charge in [0.25, 0.3) is 5.91 Å². The molecule has 0 saturated heterocycles. The molecule has 0 atom stereocenters. The lowest BCUT2D eigenvalue weighted by Crippen LogP contribution is -2.31. The van der Waals surface area contributed by atoms with Crippen LogP contribution in [-0.4, -0.2) is 18.9 Å². The fourth-order valence-corrected chi connectivity index (χ4v) is 1.20. The molecule has 1 aromatic rings. The molecule has 2 N–H and O–H groups in total. The van der Waals surface area contributed by atoms with E-state index in [9.17, 15) is 9.59 Å². The van der Waals surface area contributed by atoms with Crippen LogP contribution in [0.5, 0.6) is 0 Å². The van der Waals surface area contributed by atoms with Crippen molar-refractivity contribution < 1.29 is 9.59 Å². The summed E-state index contributed by atoms with van der Waals surface area (Å²) in [5.41, 5.74) is 1.09. The molecule has 16 heavy (non-hydrogen) atoms. The number of rotatable bonds is 3. The molecule has 4 nitrogen and oxygen atoms in total. The van der Waals surface area contributed by atoms with Gasteiger partial charge in [0.1, 0.15) is 5.70 Å². The first kappa shape index (κ1) is 12.0. The molecule has 0 saturated carbocycles. The number of carbonyl (C=O) groups excluding carboxylic acids is 2. The highest BCUT2D eigenvalue weighted by Crippen LogP contribution is 2.04. The lowest BCUT2D eigenvalue weighted by atomic mass is 10.2. The van der Waals surface area contributed by atoms with Crippen molar-refractivity contribution in [2.24, 2.45) is 0 Å². The standard InChI is InChI=1S/C12H14N2O2/c1-9(15)14-11(12(16)13-2)8-10-6-4-3-5-7-10/h3-8H,1-2H3,(H,13,16)(H,14,15). The number of amides is 2. The highest BCUT2D eigenvalue weighted by atomic mass is 16.2. The maximum atomic E-state index is 11.5. The van der Waals surface area contributed by atoms with Crippen LogP contribution < -0.4 is 10.6 Å². The topological polar surface area (TPSA) is 58.2 Å². The van der Waals surface area contributed by atoms with Crippen LogP contribution in [0.3, 0.4) is 0 Å². The summed E-state index contributed by atoms with van der Waals surface area (Å²) in [7, 11) is 1.52. The van der Waals surface area contributed by atoms with Gasteiger partial charge in [-0.25, -0.2) is 0 Å². The molecule has 0 aromatic heterocycles. The molecular formula is C12H14N2O2. The monoisotopic (exact) mass is 218 g/mol. The molecule has 84 valence electrons. The van der Waals surface area contributed by atoms with Gasteiger partial charge in [-0.15, -0.1) is 0 Å². The zero-order chi connectivity index (χ0) is 12.0. The second kappa shape index (κ2) is 5.70. The minimum Gasteiger partial charge on any atom is -0.354 e. The van der Waals surface area contributed by atoms with Gasteiger partial charge in [0.2, 0.25) is 5.91 Å². The third-order valence-corrected chi connectivity index (χ3v) is 1.89. The Bertz CT molecular complexity index is 410. The van der Waals surface area contributed by atoms with Crippen molar-refractivity contribution in [2.45, 2.75) is 6.92 Å². The number of hydrogen-bond acceptors (Lipinski definition) is 2. The molecule has 0 aliphatic heterocycles. The first-order valence-electron chi connectivity index (χ1n) is 4.90. The number of hydrogen-bond donors (Lipinski definition) is 2. The highest BCUT2D eigenvalue weighted by Gasteiger charge is 2.08. The van der Waals surface area contributed by atoms with Crippen molar-refractivity contribution in [1.29, 1.82) is 0 Å². The summed E-state index contributed by atoms with van der Waals surface area (Å²) in [4.78, 5) is 22.4. The van der Waals surface area contributed by atoms with Crippen molar-refractivity contribution in [2.75, 3.05) is 7.05 Å². The van der Waals surface area contributed by atoms with E-state index in [2.05, 4.69) is 10.6 Å². The maximum absolute atomic E-state index is 11.5. The summed E-state index contributed by atoms with van der Waals surface area (Å²) < 4.78 is 0. The van der Waals surface area contributed by atoms with Crippen molar-refractivity contribution in [1.82, 2.24) is 10.6 Å². The Morgan fingerprint density at radius 3 is 2.31 bits per heavy atom. The van der Waals surface area contributed by atoms with E-state index >= 15 is 0 Å². The van der Waals surface area contributed by atoms with Gasteiger partial charge in [0.15, 0.2) is 0 Å². The SMILES string of the molecule is CNC(=O)C(=Cc1ccccc1)NC(C)=O. The van der Waals surface area contributed by atoms with Crippen LogP contribution >= 0.6 is 0 Å². The Labute approximate surface area is 94.4 Å². The van der Waals surface area contributed by atoms with Gasteiger partial charge in [-0.3, -0.25) is 9.59 Å². The van der Waals surface area contributed by atoms with E-state index in [4.69, 9.17) is 0 Å². The van der Waals surface area contributed by atoms with Crippen LogP contribution in [-0.2, 0) is 9.59 Å². The molecule has 0 spiro atoms. The third kappa shape index (κ3) is 3.57. The Morgan fingerprint density at radius 2 is 1.81 bits per heavy atom. The highest BCUT2D eigenvalue weighted by molar-refractivity contribution is 6.00. The first-order valence-corrected chi connectivity index (χ1v) is 4.90. The zero-order valence-corrected chi connectivity index (χ0v) is 9.28. The molecule has 2 amide bonds. The molecule has 0 unspecified atom stereocenters. The minimum atomic E-state index is -0.320. The normalized spacial score (nSPS) is 10.8. The molecule has 4 heteroatoms. The van der Waals surface area contributed by atoms with Gasteiger partial charge >= 0.3 is 0 Å². The van der Waals surface area contributed by atoms with Gasteiger partial charge in [0.05, 0.1) is 0 Å². The van der Waals surface area contributed by atoms with Crippen LogP contribution in [0.25, 0.3) is 6.08 Å². The molecular weight excluding hydrogens is 204 g/mol. The number of benzene rings is 1. The maximum Gasteiger partial charge on any atom is 0.267 e. The number of carbonyl (C=O) groups is 2. The van der Waals surface area contributed by atoms with E-state index < -0.39 is 0 Å². The van der Waals surface area contributed by atoms with Gasteiger partial charge < -0.3 is 10.6 Å². The summed E-state index contributed by atoms with van der Waals surface area (Å²) in [6.45, 7) is 1.36. The smallest absolute Gasteiger partial charge is 0.267 e. The predicted molar refractivity (Wildman–Crippen MR) is 62.3 cm³/mol. The van der Waals surface area contributed by atoms with Gasteiger partial charge in [-0.05, 0) is 11.6 Å². The van der Waals surface area contributed by atoms with E-state index in [1.807, 2.05) is 30.3 Å². The molecule has 0 heterocycles. The largest absolute Gasteiger partial charge is 0.354 e. The Hall–Kier alpha value is -2.10. The van der Waals surface area contributed by atoms with Crippen LogP contribution in [0.15, 0.2) is 36.0 Å². The van der Waals surface area contributed by atoms with E-state index in [1.165, 1.54) is 14.0 Å². The van der Waals surface area contributed by atoms with E-state index in [0.29, 0.717) is 0 Å². The van der Waals surface area contributed by atoms with E-state index in [-0.39, 0.29) is 17.5 Å². The Morgan fingerprint density at radius 1 is 1.19 bits per heavy atom. The van der Waals surface area contributed by atoms with Crippen molar-refractivity contribution >= 4 is 17.9 Å². The molecule has 0 aliphatic rings. The van der Waals surface area contributed by atoms with Gasteiger partial charge in [-0.2, -0.15) is 0 Å². The fraction of sp³-hybridized carbons (Fsp3) is 0.167. The molecule has 1 aromatic carbocycles. The molecule has 0 bridgehead atoms. The zero-order valence-electron chi connectivity index (χ0n) is 9.28. The third-order valence-electron chi connectivity index (χ3n) is 1.89. The van der Waals surface area contributed by atoms with E-state index in [0.717, 1.165) is 5.56 Å².